The maximum absolute atomic E-state index is 12.0. The number of rotatable bonds is 11. The lowest BCUT2D eigenvalue weighted by Gasteiger charge is -2.17. The van der Waals surface area contributed by atoms with Crippen LogP contribution in [0.4, 0.5) is 0 Å². The molecule has 4 nitrogen and oxygen atoms in total. The van der Waals surface area contributed by atoms with Crippen LogP contribution in [0.5, 0.6) is 11.5 Å². The Kier molecular flexibility index (Phi) is 9.02. The molecule has 0 aliphatic carbocycles. The molecule has 2 aromatic rings. The summed E-state index contributed by atoms with van der Waals surface area (Å²) in [7, 11) is 0. The second-order valence-corrected chi connectivity index (χ2v) is 6.47. The van der Waals surface area contributed by atoms with Gasteiger partial charge in [0.2, 0.25) is 0 Å². The van der Waals surface area contributed by atoms with Crippen LogP contribution in [0.25, 0.3) is 12.2 Å². The van der Waals surface area contributed by atoms with E-state index in [9.17, 15) is 9.90 Å². The minimum atomic E-state index is -0.117. The summed E-state index contributed by atoms with van der Waals surface area (Å²) in [6, 6.07) is 14.5. The van der Waals surface area contributed by atoms with Crippen molar-refractivity contribution < 1.29 is 14.6 Å². The zero-order valence-corrected chi connectivity index (χ0v) is 16.7. The van der Waals surface area contributed by atoms with Gasteiger partial charge in [-0.3, -0.25) is 4.79 Å². The third-order valence-electron chi connectivity index (χ3n) is 4.39. The highest BCUT2D eigenvalue weighted by atomic mass is 16.5. The molecule has 0 unspecified atom stereocenters. The van der Waals surface area contributed by atoms with Gasteiger partial charge in [0.25, 0.3) is 0 Å². The number of allylic oxidation sites excluding steroid dienone is 2. The molecular weight excluding hydrogens is 350 g/mol. The van der Waals surface area contributed by atoms with Gasteiger partial charge in [0, 0.05) is 6.54 Å². The van der Waals surface area contributed by atoms with Gasteiger partial charge in [-0.25, -0.2) is 0 Å². The largest absolute Gasteiger partial charge is 0.508 e. The molecule has 0 heterocycles. The monoisotopic (exact) mass is 379 g/mol. The minimum absolute atomic E-state index is 0.117. The maximum atomic E-state index is 12.0. The highest BCUT2D eigenvalue weighted by molar-refractivity contribution is 6.04. The molecule has 0 radical (unpaired) electrons. The number of phenolic OH excluding ortho intramolecular Hbond substituents is 1. The second-order valence-electron chi connectivity index (χ2n) is 6.47. The number of phenols is 1. The van der Waals surface area contributed by atoms with Crippen LogP contribution < -0.4 is 4.74 Å². The van der Waals surface area contributed by atoms with E-state index >= 15 is 0 Å². The summed E-state index contributed by atoms with van der Waals surface area (Å²) >= 11 is 0. The van der Waals surface area contributed by atoms with E-state index in [1.54, 1.807) is 30.4 Å². The Bertz CT molecular complexity index is 807. The number of hydrogen-bond donors (Lipinski definition) is 1. The van der Waals surface area contributed by atoms with Crippen LogP contribution in [0.3, 0.4) is 0 Å². The average Bonchev–Trinajstić information content (AvgIpc) is 2.71. The molecule has 28 heavy (non-hydrogen) atoms. The Hall–Kier alpha value is -2.85. The van der Waals surface area contributed by atoms with E-state index in [1.165, 1.54) is 12.2 Å². The number of ether oxygens (including phenoxy) is 1. The summed E-state index contributed by atoms with van der Waals surface area (Å²) in [6.45, 7) is 8.16. The van der Waals surface area contributed by atoms with Gasteiger partial charge >= 0.3 is 0 Å². The fourth-order valence-corrected chi connectivity index (χ4v) is 2.77. The minimum Gasteiger partial charge on any atom is -0.508 e. The zero-order chi connectivity index (χ0) is 20.2. The molecule has 2 aromatic carbocycles. The van der Waals surface area contributed by atoms with Crippen LogP contribution in [-0.2, 0) is 4.79 Å². The van der Waals surface area contributed by atoms with Crippen molar-refractivity contribution >= 4 is 17.9 Å². The lowest BCUT2D eigenvalue weighted by Crippen LogP contribution is -2.25. The average molecular weight is 380 g/mol. The van der Waals surface area contributed by atoms with E-state index in [1.807, 2.05) is 30.3 Å². The molecule has 0 aromatic heterocycles. The van der Waals surface area contributed by atoms with Crippen molar-refractivity contribution in [1.29, 1.82) is 0 Å². The number of benzene rings is 2. The summed E-state index contributed by atoms with van der Waals surface area (Å²) in [5.74, 6) is 0.873. The van der Waals surface area contributed by atoms with E-state index in [-0.39, 0.29) is 11.5 Å². The zero-order valence-electron chi connectivity index (χ0n) is 16.7. The summed E-state index contributed by atoms with van der Waals surface area (Å²) < 4.78 is 5.83. The number of aromatic hydroxyl groups is 1. The first-order chi connectivity index (χ1) is 13.6. The van der Waals surface area contributed by atoms with Crippen molar-refractivity contribution in [1.82, 2.24) is 4.90 Å². The van der Waals surface area contributed by atoms with E-state index in [2.05, 4.69) is 18.7 Å². The van der Waals surface area contributed by atoms with Crippen molar-refractivity contribution in [2.45, 2.75) is 20.3 Å². The fraction of sp³-hybridized carbons (Fsp3) is 0.292. The molecule has 0 saturated carbocycles. The third kappa shape index (κ3) is 7.80. The van der Waals surface area contributed by atoms with Crippen LogP contribution in [-0.4, -0.2) is 42.0 Å². The maximum Gasteiger partial charge on any atom is 0.178 e. The van der Waals surface area contributed by atoms with E-state index in [0.717, 1.165) is 42.9 Å². The van der Waals surface area contributed by atoms with Crippen molar-refractivity contribution in [3.05, 3.63) is 71.8 Å². The molecule has 0 saturated heterocycles. The van der Waals surface area contributed by atoms with Crippen LogP contribution in [0.15, 0.2) is 60.7 Å². The van der Waals surface area contributed by atoms with Crippen molar-refractivity contribution in [3.63, 3.8) is 0 Å². The Morgan fingerprint density at radius 2 is 1.64 bits per heavy atom. The normalized spacial score (nSPS) is 11.5. The molecule has 0 fully saturated rings. The number of carbonyl (C=O) groups is 1. The molecule has 0 amide bonds. The topological polar surface area (TPSA) is 49.8 Å². The fourth-order valence-electron chi connectivity index (χ4n) is 2.77. The Morgan fingerprint density at radius 1 is 1.00 bits per heavy atom. The van der Waals surface area contributed by atoms with E-state index < -0.39 is 0 Å². The van der Waals surface area contributed by atoms with Crippen LogP contribution in [0.2, 0.25) is 0 Å². The van der Waals surface area contributed by atoms with Crippen LogP contribution >= 0.6 is 0 Å². The first-order valence-electron chi connectivity index (χ1n) is 9.75. The molecule has 0 bridgehead atoms. The molecular formula is C24H29NO3. The van der Waals surface area contributed by atoms with Gasteiger partial charge < -0.3 is 14.7 Å². The lowest BCUT2D eigenvalue weighted by atomic mass is 10.1. The quantitative estimate of drug-likeness (QED) is 0.450. The number of ketones is 1. The van der Waals surface area contributed by atoms with Gasteiger partial charge in [0.15, 0.2) is 5.78 Å². The lowest BCUT2D eigenvalue weighted by molar-refractivity contribution is -0.110. The molecule has 0 spiro atoms. The smallest absolute Gasteiger partial charge is 0.178 e. The van der Waals surface area contributed by atoms with Gasteiger partial charge in [-0.15, -0.1) is 0 Å². The molecule has 0 atom stereocenters. The summed E-state index contributed by atoms with van der Waals surface area (Å²) in [6.07, 6.45) is 7.46. The van der Waals surface area contributed by atoms with Crippen molar-refractivity contribution in [3.8, 4) is 11.5 Å². The molecule has 2 rings (SSSR count). The molecule has 1 N–H and O–H groups in total. The predicted octanol–water partition coefficient (Wildman–Crippen LogP) is 4.80. The SMILES string of the molecule is CCN(CC)CCCOc1cccc(C=CC(=O)C=Cc2cccc(O)c2)c1. The van der Waals surface area contributed by atoms with Gasteiger partial charge in [0.05, 0.1) is 6.61 Å². The molecule has 0 aliphatic rings. The van der Waals surface area contributed by atoms with Crippen molar-refractivity contribution in [2.24, 2.45) is 0 Å². The highest BCUT2D eigenvalue weighted by Crippen LogP contribution is 2.15. The molecule has 0 aliphatic heterocycles. The van der Waals surface area contributed by atoms with Gasteiger partial charge in [0.1, 0.15) is 11.5 Å². The molecule has 148 valence electrons. The van der Waals surface area contributed by atoms with E-state index in [0.29, 0.717) is 6.61 Å². The first kappa shape index (κ1) is 21.5. The molecule has 4 heteroatoms. The Morgan fingerprint density at radius 3 is 2.29 bits per heavy atom. The third-order valence-corrected chi connectivity index (χ3v) is 4.39. The van der Waals surface area contributed by atoms with Gasteiger partial charge in [-0.05, 0) is 67.1 Å². The highest BCUT2D eigenvalue weighted by Gasteiger charge is 2.00. The summed E-state index contributed by atoms with van der Waals surface area (Å²) in [5.41, 5.74) is 1.70. The van der Waals surface area contributed by atoms with Crippen molar-refractivity contribution in [2.75, 3.05) is 26.2 Å². The van der Waals surface area contributed by atoms with Crippen LogP contribution in [0, 0.1) is 0 Å². The van der Waals surface area contributed by atoms with E-state index in [4.69, 9.17) is 4.74 Å². The number of carbonyl (C=O) groups excluding carboxylic acids is 1. The number of nitrogens with zero attached hydrogens (tertiary/aromatic N) is 1. The summed E-state index contributed by atoms with van der Waals surface area (Å²) in [4.78, 5) is 14.4. The standard InChI is InChI=1S/C24H29NO3/c1-3-25(4-2)16-7-17-28-24-11-6-9-21(19-24)13-15-22(26)14-12-20-8-5-10-23(27)18-20/h5-6,8-15,18-19,27H,3-4,7,16-17H2,1-2H3. The Balaban J connectivity index is 1.84. The predicted molar refractivity (Wildman–Crippen MR) is 116 cm³/mol. The van der Waals surface area contributed by atoms with Gasteiger partial charge in [-0.2, -0.15) is 0 Å². The first-order valence-corrected chi connectivity index (χ1v) is 9.75. The summed E-state index contributed by atoms with van der Waals surface area (Å²) in [5, 5.41) is 9.44. The van der Waals surface area contributed by atoms with Gasteiger partial charge in [-0.1, -0.05) is 50.3 Å². The second kappa shape index (κ2) is 11.8. The number of hydrogen-bond acceptors (Lipinski definition) is 4. The Labute approximate surface area is 167 Å². The van der Waals surface area contributed by atoms with Crippen LogP contribution in [0.1, 0.15) is 31.4 Å².